The molecule has 0 radical (unpaired) electrons. The molecule has 1 saturated heterocycles. The first kappa shape index (κ1) is 26.0. The third-order valence-electron chi connectivity index (χ3n) is 4.76. The molecule has 10 nitrogen and oxygen atoms in total. The van der Waals surface area contributed by atoms with Gasteiger partial charge >= 0.3 is 5.97 Å². The molecule has 4 N–H and O–H groups in total. The topological polar surface area (TPSA) is 143 Å². The Morgan fingerprint density at radius 2 is 1.75 bits per heavy atom. The summed E-state index contributed by atoms with van der Waals surface area (Å²) in [5.41, 5.74) is 0. The maximum absolute atomic E-state index is 12.9. The number of ether oxygens (including phenoxy) is 1. The van der Waals surface area contributed by atoms with Crippen LogP contribution >= 0.6 is 21.6 Å². The van der Waals surface area contributed by atoms with Gasteiger partial charge in [-0.2, -0.15) is 0 Å². The van der Waals surface area contributed by atoms with Gasteiger partial charge in [0.2, 0.25) is 23.6 Å². The van der Waals surface area contributed by atoms with Gasteiger partial charge in [0, 0.05) is 11.5 Å². The molecule has 0 spiro atoms. The van der Waals surface area contributed by atoms with Gasteiger partial charge in [-0.3, -0.25) is 24.0 Å². The maximum Gasteiger partial charge on any atom is 0.326 e. The molecule has 1 fully saturated rings. The predicted molar refractivity (Wildman–Crippen MR) is 122 cm³/mol. The van der Waals surface area contributed by atoms with Crippen molar-refractivity contribution in [2.45, 2.75) is 57.8 Å². The van der Waals surface area contributed by atoms with Gasteiger partial charge in [-0.15, -0.1) is 0 Å². The number of carbonyl (C=O) groups excluding carboxylic acids is 5. The average molecular weight is 487 g/mol. The number of amides is 4. The van der Waals surface area contributed by atoms with Crippen LogP contribution in [0.25, 0.3) is 0 Å². The summed E-state index contributed by atoms with van der Waals surface area (Å²) in [6, 6.07) is -2.71. The summed E-state index contributed by atoms with van der Waals surface area (Å²) in [6.45, 7) is 4.64. The van der Waals surface area contributed by atoms with Crippen LogP contribution in [0.1, 0.15) is 33.6 Å². The second-order valence-electron chi connectivity index (χ2n) is 7.85. The zero-order valence-corrected chi connectivity index (χ0v) is 20.0. The van der Waals surface area contributed by atoms with Crippen LogP contribution in [0.4, 0.5) is 0 Å². The van der Waals surface area contributed by atoms with E-state index in [4.69, 9.17) is 4.74 Å². The minimum absolute atomic E-state index is 0.172. The van der Waals surface area contributed by atoms with E-state index in [-0.39, 0.29) is 18.1 Å². The van der Waals surface area contributed by atoms with E-state index >= 15 is 0 Å². The number of rotatable bonds is 1. The normalized spacial score (nSPS) is 30.3. The third-order valence-corrected chi connectivity index (χ3v) is 7.21. The highest BCUT2D eigenvalue weighted by molar-refractivity contribution is 8.76. The van der Waals surface area contributed by atoms with Crippen molar-refractivity contribution in [1.82, 2.24) is 21.3 Å². The van der Waals surface area contributed by atoms with Crippen molar-refractivity contribution in [3.05, 3.63) is 12.2 Å². The molecule has 32 heavy (non-hydrogen) atoms. The SMILES string of the molecule is CC1NC(=O)C2CSSCC/C=C/C(CC(=O)N[C@H](C(C)C)C(=O)N2)OC(=O)CNC1=O. The monoisotopic (exact) mass is 486 g/mol. The Labute approximate surface area is 195 Å². The Morgan fingerprint density at radius 1 is 1.00 bits per heavy atom. The zero-order chi connectivity index (χ0) is 23.7. The number of hydrogen-bond donors (Lipinski definition) is 4. The number of fused-ring (bicyclic) bond motifs is 7. The number of allylic oxidation sites excluding steroid dienone is 1. The fourth-order valence-corrected chi connectivity index (χ4v) is 5.14. The van der Waals surface area contributed by atoms with Gasteiger partial charge in [0.05, 0.1) is 6.42 Å². The van der Waals surface area contributed by atoms with E-state index in [0.29, 0.717) is 6.42 Å². The first-order chi connectivity index (χ1) is 15.2. The largest absolute Gasteiger partial charge is 0.456 e. The molecule has 0 saturated carbocycles. The van der Waals surface area contributed by atoms with E-state index < -0.39 is 60.4 Å². The average Bonchev–Trinajstić information content (AvgIpc) is 2.72. The van der Waals surface area contributed by atoms with Crippen LogP contribution in [0.3, 0.4) is 0 Å². The molecule has 2 aliphatic rings. The van der Waals surface area contributed by atoms with Gasteiger partial charge in [-0.05, 0) is 25.3 Å². The maximum atomic E-state index is 12.9. The molecule has 178 valence electrons. The van der Waals surface area contributed by atoms with Gasteiger partial charge in [-0.25, -0.2) is 0 Å². The second-order valence-corrected chi connectivity index (χ2v) is 10.5. The van der Waals surface area contributed by atoms with Gasteiger partial charge in [0.25, 0.3) is 0 Å². The Kier molecular flexibility index (Phi) is 10.4. The van der Waals surface area contributed by atoms with Crippen molar-refractivity contribution in [3.8, 4) is 0 Å². The first-order valence-corrected chi connectivity index (χ1v) is 12.9. The van der Waals surface area contributed by atoms with E-state index in [9.17, 15) is 24.0 Å². The highest BCUT2D eigenvalue weighted by atomic mass is 33.1. The highest BCUT2D eigenvalue weighted by Crippen LogP contribution is 2.23. The van der Waals surface area contributed by atoms with E-state index in [1.54, 1.807) is 19.9 Å². The van der Waals surface area contributed by atoms with Crippen molar-refractivity contribution in [1.29, 1.82) is 0 Å². The molecular formula is C20H30N4O6S2. The molecule has 4 atom stereocenters. The Balaban J connectivity index is 2.40. The fourth-order valence-electron chi connectivity index (χ4n) is 2.99. The Bertz CT molecular complexity index is 760. The van der Waals surface area contributed by atoms with Crippen LogP contribution in [-0.2, 0) is 28.7 Å². The summed E-state index contributed by atoms with van der Waals surface area (Å²) in [4.78, 5) is 62.9. The van der Waals surface area contributed by atoms with Crippen LogP contribution in [0.2, 0.25) is 0 Å². The predicted octanol–water partition coefficient (Wildman–Crippen LogP) is -0.110. The zero-order valence-electron chi connectivity index (χ0n) is 18.3. The van der Waals surface area contributed by atoms with Gasteiger partial charge in [0.15, 0.2) is 0 Å². The van der Waals surface area contributed by atoms with Crippen LogP contribution in [-0.4, -0.2) is 71.9 Å². The van der Waals surface area contributed by atoms with Gasteiger partial charge in [0.1, 0.15) is 30.8 Å². The second kappa shape index (κ2) is 12.7. The molecule has 0 aromatic carbocycles. The molecule has 0 aliphatic carbocycles. The fraction of sp³-hybridized carbons (Fsp3) is 0.650. The van der Waals surface area contributed by atoms with E-state index in [1.807, 2.05) is 6.08 Å². The minimum Gasteiger partial charge on any atom is -0.456 e. The van der Waals surface area contributed by atoms with E-state index in [1.165, 1.54) is 28.5 Å². The number of esters is 1. The van der Waals surface area contributed by atoms with Crippen molar-refractivity contribution in [2.24, 2.45) is 5.92 Å². The number of carbonyl (C=O) groups is 5. The third kappa shape index (κ3) is 8.38. The van der Waals surface area contributed by atoms with Gasteiger partial charge in [-0.1, -0.05) is 41.5 Å². The standard InChI is InChI=1S/C20H30N4O6S2/c1-11(2)17-20(29)23-14-10-32-31-7-5-4-6-13(8-15(25)24-17)30-16(26)9-21-18(27)12(3)22-19(14)28/h4,6,11-14,17H,5,7-10H2,1-3H3,(H,21,27)(H,22,28)(H,23,29)(H,24,25)/b6-4+/t12?,13?,14?,17-/m1/s1. The molecular weight excluding hydrogens is 456 g/mol. The lowest BCUT2D eigenvalue weighted by atomic mass is 10.0. The Hall–Kier alpha value is -2.21. The van der Waals surface area contributed by atoms with Crippen molar-refractivity contribution in [3.63, 3.8) is 0 Å². The van der Waals surface area contributed by atoms with E-state index in [2.05, 4.69) is 21.3 Å². The summed E-state index contributed by atoms with van der Waals surface area (Å²) in [5, 5.41) is 10.4. The number of nitrogens with one attached hydrogen (secondary N) is 4. The molecule has 2 rings (SSSR count). The van der Waals surface area contributed by atoms with Crippen molar-refractivity contribution in [2.75, 3.05) is 18.1 Å². The molecule has 2 bridgehead atoms. The molecule has 2 heterocycles. The van der Waals surface area contributed by atoms with E-state index in [0.717, 1.165) is 5.75 Å². The quantitative estimate of drug-likeness (QED) is 0.228. The summed E-state index contributed by atoms with van der Waals surface area (Å²) in [5.74, 6) is -2.01. The van der Waals surface area contributed by atoms with Crippen molar-refractivity contribution >= 4 is 51.2 Å². The Morgan fingerprint density at radius 3 is 2.47 bits per heavy atom. The lowest BCUT2D eigenvalue weighted by Gasteiger charge is -2.26. The molecule has 2 aliphatic heterocycles. The van der Waals surface area contributed by atoms with Crippen LogP contribution in [0, 0.1) is 5.92 Å². The first-order valence-electron chi connectivity index (χ1n) is 10.5. The summed E-state index contributed by atoms with van der Waals surface area (Å²) >= 11 is 0. The highest BCUT2D eigenvalue weighted by Gasteiger charge is 2.31. The molecule has 0 aromatic rings. The lowest BCUT2D eigenvalue weighted by molar-refractivity contribution is -0.148. The molecule has 4 amide bonds. The minimum atomic E-state index is -0.924. The summed E-state index contributed by atoms with van der Waals surface area (Å²) < 4.78 is 5.36. The summed E-state index contributed by atoms with van der Waals surface area (Å²) in [7, 11) is 2.96. The van der Waals surface area contributed by atoms with Crippen LogP contribution < -0.4 is 21.3 Å². The lowest BCUT2D eigenvalue weighted by Crippen LogP contribution is -2.58. The summed E-state index contributed by atoms with van der Waals surface area (Å²) in [6.07, 6.45) is 3.12. The smallest absolute Gasteiger partial charge is 0.326 e. The molecule has 3 unspecified atom stereocenters. The molecule has 0 aromatic heterocycles. The van der Waals surface area contributed by atoms with Crippen molar-refractivity contribution < 1.29 is 28.7 Å². The van der Waals surface area contributed by atoms with Crippen LogP contribution in [0.5, 0.6) is 0 Å². The van der Waals surface area contributed by atoms with Crippen LogP contribution in [0.15, 0.2) is 12.2 Å². The number of hydrogen-bond acceptors (Lipinski definition) is 8. The van der Waals surface area contributed by atoms with Gasteiger partial charge < -0.3 is 26.0 Å². The molecule has 12 heteroatoms.